The van der Waals surface area contributed by atoms with E-state index in [4.69, 9.17) is 16.9 Å². The molecule has 0 aromatic heterocycles. The number of benzene rings is 3. The van der Waals surface area contributed by atoms with Gasteiger partial charge in [-0.05, 0) is 73.2 Å². The molecule has 6 nitrogen and oxygen atoms in total. The zero-order chi connectivity index (χ0) is 21.0. The minimum Gasteiger partial charge on any atom is -0.322 e. The summed E-state index contributed by atoms with van der Waals surface area (Å²) in [5.41, 5.74) is 2.25. The molecule has 0 bridgehead atoms. The van der Waals surface area contributed by atoms with Crippen molar-refractivity contribution in [3.05, 3.63) is 88.4 Å². The molecule has 3 rings (SSSR count). The van der Waals surface area contributed by atoms with Crippen LogP contribution in [-0.2, 0) is 10.0 Å². The number of nitrogens with zero attached hydrogens (tertiary/aromatic N) is 1. The van der Waals surface area contributed by atoms with Gasteiger partial charge < -0.3 is 5.32 Å². The number of sulfonamides is 1. The van der Waals surface area contributed by atoms with Crippen molar-refractivity contribution in [2.75, 3.05) is 10.0 Å². The van der Waals surface area contributed by atoms with Crippen LogP contribution in [0, 0.1) is 18.3 Å². The molecular weight excluding hydrogens is 410 g/mol. The summed E-state index contributed by atoms with van der Waals surface area (Å²) in [6, 6.07) is 18.9. The Morgan fingerprint density at radius 3 is 2.28 bits per heavy atom. The van der Waals surface area contributed by atoms with Crippen molar-refractivity contribution < 1.29 is 13.2 Å². The first kappa shape index (κ1) is 20.4. The molecule has 0 atom stereocenters. The third kappa shape index (κ3) is 4.93. The van der Waals surface area contributed by atoms with E-state index in [1.54, 1.807) is 49.4 Å². The lowest BCUT2D eigenvalue weighted by Crippen LogP contribution is -2.16. The van der Waals surface area contributed by atoms with Gasteiger partial charge in [0, 0.05) is 22.0 Å². The quantitative estimate of drug-likeness (QED) is 0.625. The maximum Gasteiger partial charge on any atom is 0.261 e. The molecule has 0 fully saturated rings. The van der Waals surface area contributed by atoms with E-state index >= 15 is 0 Å². The van der Waals surface area contributed by atoms with Gasteiger partial charge in [-0.3, -0.25) is 9.52 Å². The Kier molecular flexibility index (Phi) is 5.87. The zero-order valence-electron chi connectivity index (χ0n) is 15.3. The van der Waals surface area contributed by atoms with Crippen LogP contribution >= 0.6 is 11.6 Å². The molecule has 3 aromatic rings. The third-order valence-corrected chi connectivity index (χ3v) is 5.77. The predicted molar refractivity (Wildman–Crippen MR) is 113 cm³/mol. The molecule has 2 N–H and O–H groups in total. The van der Waals surface area contributed by atoms with Crippen molar-refractivity contribution in [1.29, 1.82) is 5.26 Å². The molecule has 0 aliphatic heterocycles. The molecule has 0 spiro atoms. The van der Waals surface area contributed by atoms with Gasteiger partial charge in [-0.1, -0.05) is 17.7 Å². The van der Waals surface area contributed by atoms with E-state index in [9.17, 15) is 13.2 Å². The number of carbonyl (C=O) groups is 1. The SMILES string of the molecule is Cc1ccc(S(=O)(=O)Nc2ccc(Cl)cc2)cc1NC(=O)c1ccc(C#N)cc1. The number of aryl methyl sites for hydroxylation is 1. The van der Waals surface area contributed by atoms with Gasteiger partial charge in [0.05, 0.1) is 16.5 Å². The number of hydrogen-bond acceptors (Lipinski definition) is 4. The second-order valence-corrected chi connectivity index (χ2v) is 8.35. The summed E-state index contributed by atoms with van der Waals surface area (Å²) in [5, 5.41) is 12.1. The predicted octanol–water partition coefficient (Wildman–Crippen LogP) is 4.57. The van der Waals surface area contributed by atoms with Gasteiger partial charge in [-0.2, -0.15) is 5.26 Å². The highest BCUT2D eigenvalue weighted by molar-refractivity contribution is 7.92. The Bertz CT molecular complexity index is 1200. The third-order valence-electron chi connectivity index (χ3n) is 4.14. The number of hydrogen-bond donors (Lipinski definition) is 2. The molecule has 1 amide bonds. The summed E-state index contributed by atoms with van der Waals surface area (Å²) >= 11 is 5.82. The normalized spacial score (nSPS) is 10.8. The van der Waals surface area contributed by atoms with Gasteiger partial charge in [0.2, 0.25) is 0 Å². The first-order valence-corrected chi connectivity index (χ1v) is 10.4. The number of anilines is 2. The monoisotopic (exact) mass is 425 g/mol. The molecule has 146 valence electrons. The van der Waals surface area contributed by atoms with Gasteiger partial charge >= 0.3 is 0 Å². The number of halogens is 1. The molecule has 0 saturated carbocycles. The van der Waals surface area contributed by atoms with Crippen LogP contribution in [-0.4, -0.2) is 14.3 Å². The van der Waals surface area contributed by atoms with E-state index < -0.39 is 15.9 Å². The largest absolute Gasteiger partial charge is 0.322 e. The molecule has 0 radical (unpaired) electrons. The minimum atomic E-state index is -3.86. The van der Waals surface area contributed by atoms with Crippen LogP contribution < -0.4 is 10.0 Å². The topological polar surface area (TPSA) is 99.1 Å². The molecule has 3 aromatic carbocycles. The van der Waals surface area contributed by atoms with Gasteiger partial charge in [0.1, 0.15) is 0 Å². The van der Waals surface area contributed by atoms with Crippen molar-refractivity contribution in [1.82, 2.24) is 0 Å². The Morgan fingerprint density at radius 1 is 1.00 bits per heavy atom. The smallest absolute Gasteiger partial charge is 0.261 e. The van der Waals surface area contributed by atoms with E-state index in [1.807, 2.05) is 6.07 Å². The lowest BCUT2D eigenvalue weighted by molar-refractivity contribution is 0.102. The van der Waals surface area contributed by atoms with E-state index in [-0.39, 0.29) is 4.90 Å². The van der Waals surface area contributed by atoms with Crippen LogP contribution in [0.3, 0.4) is 0 Å². The molecular formula is C21H16ClN3O3S. The van der Waals surface area contributed by atoms with E-state index in [0.717, 1.165) is 0 Å². The Hall–Kier alpha value is -3.34. The van der Waals surface area contributed by atoms with Crippen LogP contribution in [0.15, 0.2) is 71.6 Å². The van der Waals surface area contributed by atoms with Crippen molar-refractivity contribution in [3.8, 4) is 6.07 Å². The number of nitrogens with one attached hydrogen (secondary N) is 2. The zero-order valence-corrected chi connectivity index (χ0v) is 16.9. The standard InChI is InChI=1S/C21H16ClN3O3S/c1-14-2-11-19(29(27,28)25-18-9-7-17(22)8-10-18)12-20(14)24-21(26)16-5-3-15(13-23)4-6-16/h2-12,25H,1H3,(H,24,26). The summed E-state index contributed by atoms with van der Waals surface area (Å²) in [4.78, 5) is 12.5. The second kappa shape index (κ2) is 8.35. The number of nitriles is 1. The molecule has 0 aliphatic rings. The highest BCUT2D eigenvalue weighted by Crippen LogP contribution is 2.24. The van der Waals surface area contributed by atoms with Gasteiger partial charge in [0.25, 0.3) is 15.9 Å². The fraction of sp³-hybridized carbons (Fsp3) is 0.0476. The van der Waals surface area contributed by atoms with Crippen molar-refractivity contribution in [2.45, 2.75) is 11.8 Å². The Labute approximate surface area is 173 Å². The average Bonchev–Trinajstić information content (AvgIpc) is 2.71. The molecule has 0 heterocycles. The molecule has 0 saturated heterocycles. The molecule has 8 heteroatoms. The Morgan fingerprint density at radius 2 is 1.66 bits per heavy atom. The summed E-state index contributed by atoms with van der Waals surface area (Å²) < 4.78 is 27.9. The van der Waals surface area contributed by atoms with Crippen molar-refractivity contribution >= 4 is 38.9 Å². The van der Waals surface area contributed by atoms with Crippen molar-refractivity contribution in [2.24, 2.45) is 0 Å². The Balaban J connectivity index is 1.84. The minimum absolute atomic E-state index is 0.00757. The summed E-state index contributed by atoms with van der Waals surface area (Å²) in [6.07, 6.45) is 0. The molecule has 29 heavy (non-hydrogen) atoms. The van der Waals surface area contributed by atoms with E-state index in [2.05, 4.69) is 10.0 Å². The second-order valence-electron chi connectivity index (χ2n) is 6.23. The summed E-state index contributed by atoms with van der Waals surface area (Å²) in [5.74, 6) is -0.405. The van der Waals surface area contributed by atoms with Crippen LogP contribution in [0.2, 0.25) is 5.02 Å². The lowest BCUT2D eigenvalue weighted by Gasteiger charge is -2.12. The average molecular weight is 426 g/mol. The fourth-order valence-electron chi connectivity index (χ4n) is 2.53. The van der Waals surface area contributed by atoms with Crippen LogP contribution in [0.4, 0.5) is 11.4 Å². The first-order chi connectivity index (χ1) is 13.8. The van der Waals surface area contributed by atoms with Crippen molar-refractivity contribution in [3.63, 3.8) is 0 Å². The molecule has 0 aliphatic carbocycles. The lowest BCUT2D eigenvalue weighted by atomic mass is 10.1. The van der Waals surface area contributed by atoms with E-state index in [1.165, 1.54) is 24.3 Å². The number of carbonyl (C=O) groups excluding carboxylic acids is 1. The van der Waals surface area contributed by atoms with Crippen LogP contribution in [0.5, 0.6) is 0 Å². The van der Waals surface area contributed by atoms with Crippen LogP contribution in [0.25, 0.3) is 0 Å². The molecule has 0 unspecified atom stereocenters. The van der Waals surface area contributed by atoms with Gasteiger partial charge in [0.15, 0.2) is 0 Å². The highest BCUT2D eigenvalue weighted by Gasteiger charge is 2.17. The fourth-order valence-corrected chi connectivity index (χ4v) is 3.74. The maximum absolute atomic E-state index is 12.7. The first-order valence-electron chi connectivity index (χ1n) is 8.49. The van der Waals surface area contributed by atoms with Gasteiger partial charge in [-0.15, -0.1) is 0 Å². The number of rotatable bonds is 5. The number of amides is 1. The summed E-state index contributed by atoms with van der Waals surface area (Å²) in [7, 11) is -3.86. The summed E-state index contributed by atoms with van der Waals surface area (Å²) in [6.45, 7) is 1.76. The van der Waals surface area contributed by atoms with Crippen LogP contribution in [0.1, 0.15) is 21.5 Å². The highest BCUT2D eigenvalue weighted by atomic mass is 35.5. The van der Waals surface area contributed by atoms with E-state index in [0.29, 0.717) is 33.1 Å². The van der Waals surface area contributed by atoms with Gasteiger partial charge in [-0.25, -0.2) is 8.42 Å². The maximum atomic E-state index is 12.7.